The summed E-state index contributed by atoms with van der Waals surface area (Å²) in [5, 5.41) is 34.5. The van der Waals surface area contributed by atoms with E-state index in [1.165, 1.54) is 11.1 Å². The highest BCUT2D eigenvalue weighted by Crippen LogP contribution is 2.26. The van der Waals surface area contributed by atoms with Crippen molar-refractivity contribution in [1.82, 2.24) is 80.9 Å². The quantitative estimate of drug-likeness (QED) is 0.0905. The van der Waals surface area contributed by atoms with Crippen LogP contribution in [-0.2, 0) is 0 Å². The Bertz CT molecular complexity index is 3080. The lowest BCUT2D eigenvalue weighted by molar-refractivity contribution is 0.340. The van der Waals surface area contributed by atoms with E-state index in [-0.39, 0.29) is 0 Å². The van der Waals surface area contributed by atoms with Crippen LogP contribution in [0.5, 0.6) is 17.2 Å². The summed E-state index contributed by atoms with van der Waals surface area (Å²) in [7, 11) is 3.29. The summed E-state index contributed by atoms with van der Waals surface area (Å²) >= 11 is 0. The first-order chi connectivity index (χ1) is 33.4. The van der Waals surface area contributed by atoms with E-state index >= 15 is 0 Å². The molecule has 0 bridgehead atoms. The van der Waals surface area contributed by atoms with Gasteiger partial charge < -0.3 is 14.2 Å². The van der Waals surface area contributed by atoms with E-state index in [1.54, 1.807) is 26.6 Å². The van der Waals surface area contributed by atoms with Crippen molar-refractivity contribution in [2.45, 2.75) is 55.4 Å². The minimum Gasteiger partial charge on any atom is -0.497 e. The van der Waals surface area contributed by atoms with E-state index in [1.807, 2.05) is 126 Å². The molecule has 10 aromatic rings. The van der Waals surface area contributed by atoms with Gasteiger partial charge in [-0.15, -0.1) is 0 Å². The van der Waals surface area contributed by atoms with Crippen molar-refractivity contribution in [3.8, 4) is 74.2 Å². The van der Waals surface area contributed by atoms with Crippen LogP contribution in [0.15, 0.2) is 116 Å². The van der Waals surface area contributed by atoms with Crippen LogP contribution in [0.2, 0.25) is 0 Å². The average molecular weight is 929 g/mol. The van der Waals surface area contributed by atoms with Crippen LogP contribution in [0.4, 0.5) is 0 Å². The summed E-state index contributed by atoms with van der Waals surface area (Å²) in [5.74, 6) is 10.0. The normalized spacial score (nSPS) is 10.2. The second kappa shape index (κ2) is 24.6. The highest BCUT2D eigenvalue weighted by Gasteiger charge is 2.10. The van der Waals surface area contributed by atoms with Gasteiger partial charge in [-0.05, 0) is 110 Å². The molecule has 354 valence electrons. The van der Waals surface area contributed by atoms with Gasteiger partial charge in [-0.1, -0.05) is 59.7 Å². The molecule has 0 atom stereocenters. The number of nitrogens with zero attached hydrogens (tertiary/aromatic N) is 11. The lowest BCUT2D eigenvalue weighted by atomic mass is 10.1. The fourth-order valence-electron chi connectivity index (χ4n) is 6.38. The Balaban J connectivity index is 0.000000142. The Morgan fingerprint density at radius 3 is 1.33 bits per heavy atom. The molecule has 0 saturated heterocycles. The van der Waals surface area contributed by atoms with Crippen LogP contribution in [0, 0.1) is 48.5 Å². The Labute approximate surface area is 400 Å². The standard InChI is InChI=1S/C11H13N3.C10H12N4O.2C10H11N3O.C9H9N3/c1-7-4-8(2)6-10(5-7)11-12-9(3)13-14-11;1-3-15-9-6-11-5-4-8(9)10-12-7(2)13-14-10;1-7-11-10(13-12-7)8-3-5-9(14-2)6-4-8;1-7-11-10(13-12-7)8-4-3-5-9(6-8)14-2;1-7-10-9(12-11-7)8-5-3-2-4-6-8/h4-6H,1-3H3,(H,12,13,14);4-6H,3H2,1-2H3,(H,12,13,14);2*3-6H,1-2H3,(H,11,12,13);2-6H,1H3,(H,10,11,12). The zero-order chi connectivity index (χ0) is 49.1. The summed E-state index contributed by atoms with van der Waals surface area (Å²) in [6.45, 7) is 16.1. The van der Waals surface area contributed by atoms with Gasteiger partial charge >= 0.3 is 0 Å². The number of ether oxygens (including phenoxy) is 3. The van der Waals surface area contributed by atoms with Gasteiger partial charge in [0.2, 0.25) is 0 Å². The monoisotopic (exact) mass is 928 g/mol. The van der Waals surface area contributed by atoms with Crippen molar-refractivity contribution in [2.24, 2.45) is 0 Å². The number of aromatic nitrogens is 16. The molecule has 4 aromatic carbocycles. The van der Waals surface area contributed by atoms with E-state index in [4.69, 9.17) is 14.2 Å². The van der Waals surface area contributed by atoms with Crippen LogP contribution < -0.4 is 14.2 Å². The first-order valence-corrected chi connectivity index (χ1v) is 21.9. The molecule has 6 aromatic heterocycles. The molecular formula is C50H56N16O3. The van der Waals surface area contributed by atoms with Crippen LogP contribution >= 0.6 is 0 Å². The van der Waals surface area contributed by atoms with Crippen LogP contribution in [0.25, 0.3) is 56.9 Å². The minimum absolute atomic E-state index is 0.599. The molecule has 0 aliphatic rings. The fourth-order valence-corrected chi connectivity index (χ4v) is 6.38. The fraction of sp³-hybridized carbons (Fsp3) is 0.220. The lowest BCUT2D eigenvalue weighted by Crippen LogP contribution is -1.95. The third-order valence-electron chi connectivity index (χ3n) is 9.50. The number of benzene rings is 4. The lowest BCUT2D eigenvalue weighted by Gasteiger charge is -2.05. The third kappa shape index (κ3) is 14.8. The van der Waals surface area contributed by atoms with Gasteiger partial charge in [0, 0.05) is 28.5 Å². The number of nitrogens with one attached hydrogen (secondary N) is 5. The van der Waals surface area contributed by atoms with Crippen molar-refractivity contribution in [1.29, 1.82) is 0 Å². The number of aryl methyl sites for hydroxylation is 7. The molecule has 5 N–H and O–H groups in total. The van der Waals surface area contributed by atoms with Gasteiger partial charge in [0.15, 0.2) is 29.1 Å². The van der Waals surface area contributed by atoms with E-state index in [9.17, 15) is 0 Å². The summed E-state index contributed by atoms with van der Waals surface area (Å²) in [6, 6.07) is 33.4. The largest absolute Gasteiger partial charge is 0.497 e. The Kier molecular flexibility index (Phi) is 17.7. The molecule has 0 fully saturated rings. The predicted molar refractivity (Wildman–Crippen MR) is 264 cm³/mol. The van der Waals surface area contributed by atoms with Crippen molar-refractivity contribution < 1.29 is 14.2 Å². The molecule has 0 unspecified atom stereocenters. The molecule has 0 amide bonds. The van der Waals surface area contributed by atoms with Gasteiger partial charge in [0.25, 0.3) is 0 Å². The summed E-state index contributed by atoms with van der Waals surface area (Å²) in [5.41, 5.74) is 7.39. The molecule has 69 heavy (non-hydrogen) atoms. The number of hydrogen-bond donors (Lipinski definition) is 5. The highest BCUT2D eigenvalue weighted by molar-refractivity contribution is 5.63. The molecule has 0 saturated carbocycles. The number of rotatable bonds is 9. The van der Waals surface area contributed by atoms with Crippen molar-refractivity contribution in [3.05, 3.63) is 156 Å². The Hall–Kier alpha value is -8.87. The Morgan fingerprint density at radius 1 is 0.420 bits per heavy atom. The molecule has 0 radical (unpaired) electrons. The number of H-pyrrole nitrogens is 5. The first-order valence-electron chi connectivity index (χ1n) is 21.9. The van der Waals surface area contributed by atoms with Crippen molar-refractivity contribution in [2.75, 3.05) is 20.8 Å². The molecule has 6 heterocycles. The zero-order valence-electron chi connectivity index (χ0n) is 40.3. The maximum atomic E-state index is 5.44. The molecule has 19 heteroatoms. The molecule has 10 rings (SSSR count). The van der Waals surface area contributed by atoms with Gasteiger partial charge in [-0.3, -0.25) is 30.5 Å². The average Bonchev–Trinajstić information content (AvgIpc) is 4.24. The van der Waals surface area contributed by atoms with Gasteiger partial charge in [0.1, 0.15) is 46.4 Å². The van der Waals surface area contributed by atoms with Crippen molar-refractivity contribution >= 4 is 0 Å². The van der Waals surface area contributed by atoms with Gasteiger partial charge in [0.05, 0.1) is 32.6 Å². The predicted octanol–water partition coefficient (Wildman–Crippen LogP) is 9.33. The van der Waals surface area contributed by atoms with Gasteiger partial charge in [-0.25, -0.2) is 24.9 Å². The smallest absolute Gasteiger partial charge is 0.184 e. The second-order valence-electron chi connectivity index (χ2n) is 15.2. The van der Waals surface area contributed by atoms with Crippen LogP contribution in [0.3, 0.4) is 0 Å². The highest BCUT2D eigenvalue weighted by atomic mass is 16.5. The zero-order valence-corrected chi connectivity index (χ0v) is 40.3. The maximum absolute atomic E-state index is 5.44. The van der Waals surface area contributed by atoms with Crippen LogP contribution in [-0.4, -0.2) is 102 Å². The summed E-state index contributed by atoms with van der Waals surface area (Å²) < 4.78 is 15.6. The molecule has 0 spiro atoms. The van der Waals surface area contributed by atoms with E-state index in [0.717, 1.165) is 80.1 Å². The molecular weight excluding hydrogens is 873 g/mol. The minimum atomic E-state index is 0.599. The number of hydrogen-bond acceptors (Lipinski definition) is 14. The summed E-state index contributed by atoms with van der Waals surface area (Å²) in [4.78, 5) is 25.2. The van der Waals surface area contributed by atoms with Gasteiger partial charge in [-0.2, -0.15) is 25.5 Å². The SMILES string of the molecule is CCOc1cnccc1-c1n[nH]c(C)n1.COc1ccc(-c2n[nH]c(C)n2)cc1.COc1cccc(-c2n[nH]c(C)n2)c1.Cc1cc(C)cc(-c2n[nH]c(C)n2)c1.Cc1nc(-c2ccccc2)n[nH]1. The number of pyridine rings is 1. The third-order valence-corrected chi connectivity index (χ3v) is 9.50. The number of methoxy groups -OCH3 is 2. The summed E-state index contributed by atoms with van der Waals surface area (Å²) in [6.07, 6.45) is 3.37. The van der Waals surface area contributed by atoms with E-state index in [0.29, 0.717) is 29.8 Å². The number of aromatic amines is 5. The molecule has 19 nitrogen and oxygen atoms in total. The van der Waals surface area contributed by atoms with Crippen LogP contribution in [0.1, 0.15) is 47.2 Å². The first kappa shape index (κ1) is 49.6. The van der Waals surface area contributed by atoms with Crippen molar-refractivity contribution in [3.63, 3.8) is 0 Å². The Morgan fingerprint density at radius 2 is 0.870 bits per heavy atom. The molecule has 0 aliphatic heterocycles. The van der Waals surface area contributed by atoms with E-state index < -0.39 is 0 Å². The topological polar surface area (TPSA) is 248 Å². The second-order valence-corrected chi connectivity index (χ2v) is 15.2. The maximum Gasteiger partial charge on any atom is 0.184 e. The molecule has 0 aliphatic carbocycles. The van der Waals surface area contributed by atoms with E-state index in [2.05, 4.69) is 113 Å².